The monoisotopic (exact) mass is 326 g/mol. The zero-order chi connectivity index (χ0) is 14.2. The molecule has 0 atom stereocenters. The summed E-state index contributed by atoms with van der Waals surface area (Å²) in [7, 11) is 0. The molecule has 1 heterocycles. The highest BCUT2D eigenvalue weighted by molar-refractivity contribution is 9.10. The number of halogens is 1. The fraction of sp³-hybridized carbons (Fsp3) is 0.462. The van der Waals surface area contributed by atoms with Crippen LogP contribution in [0.3, 0.4) is 0 Å². The Morgan fingerprint density at radius 1 is 1.37 bits per heavy atom. The first-order valence-electron chi connectivity index (χ1n) is 5.93. The Labute approximate surface area is 120 Å². The molecule has 2 rings (SSSR count). The second kappa shape index (κ2) is 4.92. The smallest absolute Gasteiger partial charge is 0.410 e. The number of carbonyl (C=O) groups excluding carboxylic acids is 1. The van der Waals surface area contributed by atoms with Crippen LogP contribution in [0.15, 0.2) is 21.8 Å². The van der Waals surface area contributed by atoms with E-state index in [1.807, 2.05) is 20.8 Å². The van der Waals surface area contributed by atoms with Gasteiger partial charge in [0.1, 0.15) is 11.3 Å². The highest BCUT2D eigenvalue weighted by Gasteiger charge is 2.29. The van der Waals surface area contributed by atoms with E-state index in [0.717, 1.165) is 15.6 Å². The Bertz CT molecular complexity index is 537. The molecule has 0 N–H and O–H groups in total. The van der Waals surface area contributed by atoms with E-state index in [1.165, 1.54) is 0 Å². The summed E-state index contributed by atoms with van der Waals surface area (Å²) in [6.45, 7) is 6.41. The van der Waals surface area contributed by atoms with Crippen LogP contribution in [-0.4, -0.2) is 16.6 Å². The predicted molar refractivity (Wildman–Crippen MR) is 75.1 cm³/mol. The SMILES string of the molecule is CC(C)(C)OC(=O)N1Cc2cc(N=O)cc(Br)c2C1. The maximum absolute atomic E-state index is 12.0. The van der Waals surface area contributed by atoms with Crippen LogP contribution in [0.1, 0.15) is 31.9 Å². The van der Waals surface area contributed by atoms with E-state index in [9.17, 15) is 9.70 Å². The molecule has 1 aromatic carbocycles. The molecule has 1 aliphatic rings. The fourth-order valence-electron chi connectivity index (χ4n) is 1.96. The highest BCUT2D eigenvalue weighted by atomic mass is 79.9. The maximum atomic E-state index is 12.0. The summed E-state index contributed by atoms with van der Waals surface area (Å²) in [6, 6.07) is 3.36. The highest BCUT2D eigenvalue weighted by Crippen LogP contribution is 2.34. The summed E-state index contributed by atoms with van der Waals surface area (Å²) in [6.07, 6.45) is -0.351. The Morgan fingerprint density at radius 2 is 2.05 bits per heavy atom. The first-order chi connectivity index (χ1) is 8.80. The molecular weight excluding hydrogens is 312 g/mol. The Morgan fingerprint density at radius 3 is 2.63 bits per heavy atom. The van der Waals surface area contributed by atoms with Crippen LogP contribution in [0.5, 0.6) is 0 Å². The summed E-state index contributed by atoms with van der Waals surface area (Å²) in [4.78, 5) is 24.2. The quantitative estimate of drug-likeness (QED) is 0.730. The number of nitroso groups, excluding NO2 is 1. The standard InChI is InChI=1S/C13H15BrN2O3/c1-13(2,3)19-12(17)16-6-8-4-9(15-18)5-11(14)10(8)7-16/h4-5H,6-7H2,1-3H3. The van der Waals surface area contributed by atoms with Crippen LogP contribution in [0, 0.1) is 4.91 Å². The van der Waals surface area contributed by atoms with Crippen molar-refractivity contribution in [3.63, 3.8) is 0 Å². The van der Waals surface area contributed by atoms with E-state index in [4.69, 9.17) is 4.74 Å². The second-order valence-corrected chi connectivity index (χ2v) is 6.35. The molecule has 0 saturated carbocycles. The van der Waals surface area contributed by atoms with Crippen molar-refractivity contribution in [3.8, 4) is 0 Å². The van der Waals surface area contributed by atoms with Gasteiger partial charge < -0.3 is 4.74 Å². The van der Waals surface area contributed by atoms with Crippen molar-refractivity contribution in [3.05, 3.63) is 32.6 Å². The van der Waals surface area contributed by atoms with Crippen molar-refractivity contribution in [2.45, 2.75) is 39.5 Å². The van der Waals surface area contributed by atoms with Crippen LogP contribution in [0.25, 0.3) is 0 Å². The maximum Gasteiger partial charge on any atom is 0.410 e. The minimum atomic E-state index is -0.515. The van der Waals surface area contributed by atoms with Gasteiger partial charge in [-0.15, -0.1) is 4.91 Å². The molecule has 6 heteroatoms. The number of fused-ring (bicyclic) bond motifs is 1. The average Bonchev–Trinajstić information content (AvgIpc) is 2.71. The zero-order valence-electron chi connectivity index (χ0n) is 11.1. The van der Waals surface area contributed by atoms with E-state index >= 15 is 0 Å². The summed E-state index contributed by atoms with van der Waals surface area (Å²) >= 11 is 3.40. The van der Waals surface area contributed by atoms with Crippen molar-refractivity contribution in [2.24, 2.45) is 5.18 Å². The lowest BCUT2D eigenvalue weighted by Gasteiger charge is -2.24. The van der Waals surface area contributed by atoms with Gasteiger partial charge in [-0.2, -0.15) is 0 Å². The third-order valence-corrected chi connectivity index (χ3v) is 3.45. The molecule has 0 saturated heterocycles. The molecule has 102 valence electrons. The molecule has 5 nitrogen and oxygen atoms in total. The topological polar surface area (TPSA) is 59.0 Å². The minimum absolute atomic E-state index is 0.351. The molecule has 1 aliphatic heterocycles. The number of hydrogen-bond acceptors (Lipinski definition) is 4. The summed E-state index contributed by atoms with van der Waals surface area (Å²) in [5, 5.41) is 2.92. The molecule has 0 spiro atoms. The van der Waals surface area contributed by atoms with E-state index < -0.39 is 5.60 Å². The molecule has 0 unspecified atom stereocenters. The predicted octanol–water partition coefficient (Wildman–Crippen LogP) is 4.10. The summed E-state index contributed by atoms with van der Waals surface area (Å²) in [5.74, 6) is 0. The molecule has 1 aromatic rings. The Hall–Kier alpha value is -1.43. The number of rotatable bonds is 1. The zero-order valence-corrected chi connectivity index (χ0v) is 12.7. The summed E-state index contributed by atoms with van der Waals surface area (Å²) in [5.41, 5.74) is 1.77. The lowest BCUT2D eigenvalue weighted by atomic mass is 10.1. The third-order valence-electron chi connectivity index (χ3n) is 2.74. The van der Waals surface area contributed by atoms with Crippen LogP contribution in [0.2, 0.25) is 0 Å². The number of nitrogens with zero attached hydrogens (tertiary/aromatic N) is 2. The largest absolute Gasteiger partial charge is 0.444 e. The van der Waals surface area contributed by atoms with Gasteiger partial charge in [-0.25, -0.2) is 4.79 Å². The number of hydrogen-bond donors (Lipinski definition) is 0. The third kappa shape index (κ3) is 3.12. The van der Waals surface area contributed by atoms with Crippen molar-refractivity contribution < 1.29 is 9.53 Å². The minimum Gasteiger partial charge on any atom is -0.444 e. The van der Waals surface area contributed by atoms with Crippen molar-refractivity contribution >= 4 is 27.7 Å². The van der Waals surface area contributed by atoms with Crippen molar-refractivity contribution in [1.29, 1.82) is 0 Å². The average molecular weight is 327 g/mol. The van der Waals surface area contributed by atoms with Gasteiger partial charge in [0.05, 0.1) is 6.54 Å². The lowest BCUT2D eigenvalue weighted by molar-refractivity contribution is 0.0241. The number of amides is 1. The number of carbonyl (C=O) groups is 1. The van der Waals surface area contributed by atoms with Gasteiger partial charge in [0.15, 0.2) is 0 Å². The van der Waals surface area contributed by atoms with Crippen molar-refractivity contribution in [1.82, 2.24) is 4.90 Å². The van der Waals surface area contributed by atoms with Gasteiger partial charge in [-0.1, -0.05) is 15.9 Å². The number of benzene rings is 1. The van der Waals surface area contributed by atoms with Gasteiger partial charge in [-0.05, 0) is 49.2 Å². The summed E-state index contributed by atoms with van der Waals surface area (Å²) < 4.78 is 6.13. The fourth-order valence-corrected chi connectivity index (χ4v) is 2.57. The van der Waals surface area contributed by atoms with Gasteiger partial charge in [0.2, 0.25) is 0 Å². The van der Waals surface area contributed by atoms with Crippen LogP contribution < -0.4 is 0 Å². The lowest BCUT2D eigenvalue weighted by Crippen LogP contribution is -2.33. The first kappa shape index (κ1) is 14.0. The normalized spacial score (nSPS) is 14.2. The Kier molecular flexibility index (Phi) is 3.62. The molecule has 1 amide bonds. The Balaban J connectivity index is 2.18. The van der Waals surface area contributed by atoms with Gasteiger partial charge in [0.25, 0.3) is 0 Å². The van der Waals surface area contributed by atoms with E-state index in [-0.39, 0.29) is 6.09 Å². The molecule has 19 heavy (non-hydrogen) atoms. The number of ether oxygens (including phenoxy) is 1. The molecule has 0 bridgehead atoms. The van der Waals surface area contributed by atoms with Crippen molar-refractivity contribution in [2.75, 3.05) is 0 Å². The van der Waals surface area contributed by atoms with E-state index in [0.29, 0.717) is 18.8 Å². The van der Waals surface area contributed by atoms with Gasteiger partial charge >= 0.3 is 6.09 Å². The molecule has 0 radical (unpaired) electrons. The van der Waals surface area contributed by atoms with E-state index in [1.54, 1.807) is 17.0 Å². The van der Waals surface area contributed by atoms with Crippen LogP contribution in [-0.2, 0) is 17.8 Å². The molecular formula is C13H15BrN2O3. The molecule has 0 fully saturated rings. The second-order valence-electron chi connectivity index (χ2n) is 5.49. The van der Waals surface area contributed by atoms with Gasteiger partial charge in [0, 0.05) is 11.0 Å². The van der Waals surface area contributed by atoms with Crippen LogP contribution in [0.4, 0.5) is 10.5 Å². The molecule has 0 aromatic heterocycles. The molecule has 0 aliphatic carbocycles. The van der Waals surface area contributed by atoms with Crippen LogP contribution >= 0.6 is 15.9 Å². The first-order valence-corrected chi connectivity index (χ1v) is 6.72. The van der Waals surface area contributed by atoms with E-state index in [2.05, 4.69) is 21.1 Å². The van der Waals surface area contributed by atoms with Gasteiger partial charge in [-0.3, -0.25) is 4.90 Å².